The van der Waals surface area contributed by atoms with Gasteiger partial charge in [-0.2, -0.15) is 0 Å². The molecule has 2 aromatic carbocycles. The Morgan fingerprint density at radius 1 is 1.00 bits per heavy atom. The highest BCUT2D eigenvalue weighted by atomic mass is 19.1. The fourth-order valence-corrected chi connectivity index (χ4v) is 2.10. The Bertz CT molecular complexity index is 515. The first-order valence-electron chi connectivity index (χ1n) is 6.92. The van der Waals surface area contributed by atoms with Crippen molar-refractivity contribution in [3.05, 3.63) is 66.0 Å². The van der Waals surface area contributed by atoms with Gasteiger partial charge in [0.2, 0.25) is 0 Å². The molecule has 0 saturated carbocycles. The van der Waals surface area contributed by atoms with Gasteiger partial charge in [-0.25, -0.2) is 4.39 Å². The maximum absolute atomic E-state index is 13.5. The lowest BCUT2D eigenvalue weighted by molar-refractivity contribution is 0.301. The average Bonchev–Trinajstić information content (AvgIpc) is 2.47. The largest absolute Gasteiger partial charge is 0.494 e. The molecule has 20 heavy (non-hydrogen) atoms. The third-order valence-corrected chi connectivity index (χ3v) is 3.17. The van der Waals surface area contributed by atoms with Crippen molar-refractivity contribution in [2.24, 2.45) is 5.73 Å². The van der Waals surface area contributed by atoms with Crippen molar-refractivity contribution in [3.63, 3.8) is 0 Å². The van der Waals surface area contributed by atoms with Gasteiger partial charge in [-0.3, -0.25) is 0 Å². The van der Waals surface area contributed by atoms with E-state index in [2.05, 4.69) is 0 Å². The molecule has 0 aromatic heterocycles. The van der Waals surface area contributed by atoms with Crippen LogP contribution < -0.4 is 10.5 Å². The molecule has 0 spiro atoms. The van der Waals surface area contributed by atoms with Crippen molar-refractivity contribution in [3.8, 4) is 5.75 Å². The molecule has 106 valence electrons. The third-order valence-electron chi connectivity index (χ3n) is 3.17. The Labute approximate surface area is 119 Å². The number of halogens is 1. The number of para-hydroxylation sites is 1. The molecule has 2 rings (SSSR count). The molecule has 0 aliphatic rings. The maximum Gasteiger partial charge on any atom is 0.126 e. The van der Waals surface area contributed by atoms with Crippen LogP contribution in [-0.2, 0) is 6.42 Å². The van der Waals surface area contributed by atoms with E-state index < -0.39 is 0 Å². The van der Waals surface area contributed by atoms with Crippen molar-refractivity contribution >= 4 is 0 Å². The van der Waals surface area contributed by atoms with E-state index in [0.717, 1.165) is 18.6 Å². The smallest absolute Gasteiger partial charge is 0.126 e. The normalized spacial score (nSPS) is 12.1. The van der Waals surface area contributed by atoms with E-state index in [4.69, 9.17) is 10.5 Å². The summed E-state index contributed by atoms with van der Waals surface area (Å²) in [5, 5.41) is 0. The number of nitrogens with two attached hydrogens (primary N) is 1. The predicted molar refractivity (Wildman–Crippen MR) is 79.3 cm³/mol. The van der Waals surface area contributed by atoms with Crippen LogP contribution in [0.2, 0.25) is 0 Å². The van der Waals surface area contributed by atoms with Crippen LogP contribution in [0.1, 0.15) is 18.4 Å². The Hall–Kier alpha value is -1.87. The third kappa shape index (κ3) is 4.67. The van der Waals surface area contributed by atoms with E-state index in [9.17, 15) is 4.39 Å². The molecular formula is C17H20FNO. The fourth-order valence-electron chi connectivity index (χ4n) is 2.10. The van der Waals surface area contributed by atoms with Gasteiger partial charge in [-0.05, 0) is 43.0 Å². The summed E-state index contributed by atoms with van der Waals surface area (Å²) in [7, 11) is 0. The summed E-state index contributed by atoms with van der Waals surface area (Å²) in [4.78, 5) is 0. The zero-order valence-electron chi connectivity index (χ0n) is 11.5. The van der Waals surface area contributed by atoms with E-state index in [1.807, 2.05) is 36.4 Å². The lowest BCUT2D eigenvalue weighted by Crippen LogP contribution is -2.24. The second kappa shape index (κ2) is 7.65. The van der Waals surface area contributed by atoms with Gasteiger partial charge in [0.05, 0.1) is 6.61 Å². The van der Waals surface area contributed by atoms with Crippen LogP contribution in [0.15, 0.2) is 54.6 Å². The molecule has 0 saturated heterocycles. The van der Waals surface area contributed by atoms with Crippen molar-refractivity contribution in [2.75, 3.05) is 6.61 Å². The van der Waals surface area contributed by atoms with Crippen LogP contribution in [0.5, 0.6) is 5.75 Å². The summed E-state index contributed by atoms with van der Waals surface area (Å²) in [6.45, 7) is 0.634. The van der Waals surface area contributed by atoms with E-state index >= 15 is 0 Å². The Morgan fingerprint density at radius 3 is 2.45 bits per heavy atom. The predicted octanol–water partition coefficient (Wildman–Crippen LogP) is 3.55. The minimum absolute atomic E-state index is 0.0359. The molecule has 2 nitrogen and oxygen atoms in total. The molecule has 3 heteroatoms. The SMILES string of the molecule is NC(CCCOc1ccccc1)Cc1ccccc1F. The summed E-state index contributed by atoms with van der Waals surface area (Å²) in [6.07, 6.45) is 2.25. The van der Waals surface area contributed by atoms with Crippen LogP contribution in [0.4, 0.5) is 4.39 Å². The van der Waals surface area contributed by atoms with Crippen molar-refractivity contribution in [2.45, 2.75) is 25.3 Å². The van der Waals surface area contributed by atoms with Gasteiger partial charge in [0.1, 0.15) is 11.6 Å². The summed E-state index contributed by atoms with van der Waals surface area (Å²) in [5.74, 6) is 0.693. The molecule has 1 unspecified atom stereocenters. The molecule has 0 aliphatic heterocycles. The summed E-state index contributed by atoms with van der Waals surface area (Å²) >= 11 is 0. The van der Waals surface area contributed by atoms with Gasteiger partial charge in [-0.15, -0.1) is 0 Å². The second-order valence-electron chi connectivity index (χ2n) is 4.86. The molecular weight excluding hydrogens is 253 g/mol. The minimum Gasteiger partial charge on any atom is -0.494 e. The first-order chi connectivity index (χ1) is 9.75. The van der Waals surface area contributed by atoms with Gasteiger partial charge in [0.25, 0.3) is 0 Å². The minimum atomic E-state index is -0.177. The Morgan fingerprint density at radius 2 is 1.70 bits per heavy atom. The van der Waals surface area contributed by atoms with Gasteiger partial charge in [0, 0.05) is 6.04 Å². The highest BCUT2D eigenvalue weighted by molar-refractivity contribution is 5.21. The highest BCUT2D eigenvalue weighted by Crippen LogP contribution is 2.12. The molecule has 1 atom stereocenters. The van der Waals surface area contributed by atoms with Crippen molar-refractivity contribution in [1.29, 1.82) is 0 Å². The topological polar surface area (TPSA) is 35.2 Å². The molecule has 2 N–H and O–H groups in total. The van der Waals surface area contributed by atoms with E-state index in [-0.39, 0.29) is 11.9 Å². The number of hydrogen-bond acceptors (Lipinski definition) is 2. The number of benzene rings is 2. The van der Waals surface area contributed by atoms with E-state index in [1.54, 1.807) is 12.1 Å². The molecule has 0 radical (unpaired) electrons. The number of hydrogen-bond donors (Lipinski definition) is 1. The molecule has 0 heterocycles. The summed E-state index contributed by atoms with van der Waals surface area (Å²) in [6, 6.07) is 16.5. The monoisotopic (exact) mass is 273 g/mol. The summed E-state index contributed by atoms with van der Waals surface area (Å²) in [5.41, 5.74) is 6.72. The molecule has 2 aromatic rings. The average molecular weight is 273 g/mol. The Kier molecular flexibility index (Phi) is 5.56. The Balaban J connectivity index is 1.68. The van der Waals surface area contributed by atoms with Gasteiger partial charge >= 0.3 is 0 Å². The summed E-state index contributed by atoms with van der Waals surface area (Å²) < 4.78 is 19.1. The van der Waals surface area contributed by atoms with E-state index in [1.165, 1.54) is 6.07 Å². The molecule has 0 aliphatic carbocycles. The second-order valence-corrected chi connectivity index (χ2v) is 4.86. The lowest BCUT2D eigenvalue weighted by atomic mass is 10.0. The molecule has 0 amide bonds. The lowest BCUT2D eigenvalue weighted by Gasteiger charge is -2.12. The molecule has 0 fully saturated rings. The zero-order chi connectivity index (χ0) is 14.2. The first kappa shape index (κ1) is 14.5. The van der Waals surface area contributed by atoms with Crippen molar-refractivity contribution in [1.82, 2.24) is 0 Å². The number of rotatable bonds is 7. The van der Waals surface area contributed by atoms with Crippen LogP contribution in [0, 0.1) is 5.82 Å². The van der Waals surface area contributed by atoms with Crippen LogP contribution in [-0.4, -0.2) is 12.6 Å². The number of ether oxygens (including phenoxy) is 1. The van der Waals surface area contributed by atoms with Gasteiger partial charge in [-0.1, -0.05) is 36.4 Å². The van der Waals surface area contributed by atoms with Crippen LogP contribution in [0.25, 0.3) is 0 Å². The first-order valence-corrected chi connectivity index (χ1v) is 6.92. The zero-order valence-corrected chi connectivity index (χ0v) is 11.5. The molecule has 0 bridgehead atoms. The highest BCUT2D eigenvalue weighted by Gasteiger charge is 2.07. The van der Waals surface area contributed by atoms with Gasteiger partial charge in [0.15, 0.2) is 0 Å². The quantitative estimate of drug-likeness (QED) is 0.783. The van der Waals surface area contributed by atoms with Crippen LogP contribution in [0.3, 0.4) is 0 Å². The fraction of sp³-hybridized carbons (Fsp3) is 0.294. The van der Waals surface area contributed by atoms with Crippen LogP contribution >= 0.6 is 0 Å². The standard InChI is InChI=1S/C17H20FNO/c18-17-11-5-4-7-14(17)13-15(19)8-6-12-20-16-9-2-1-3-10-16/h1-5,7,9-11,15H,6,8,12-13,19H2. The van der Waals surface area contributed by atoms with Gasteiger partial charge < -0.3 is 10.5 Å². The van der Waals surface area contributed by atoms with Crippen molar-refractivity contribution < 1.29 is 9.13 Å². The maximum atomic E-state index is 13.5. The van der Waals surface area contributed by atoms with E-state index in [0.29, 0.717) is 18.6 Å².